The molecule has 1 atom stereocenters. The van der Waals surface area contributed by atoms with E-state index < -0.39 is 9.84 Å². The van der Waals surface area contributed by atoms with Gasteiger partial charge in [-0.1, -0.05) is 54.4 Å². The van der Waals surface area contributed by atoms with Crippen LogP contribution >= 0.6 is 23.2 Å². The number of carbonyl (C=O) groups is 1. The molecule has 3 aromatic carbocycles. The lowest BCUT2D eigenvalue weighted by molar-refractivity contribution is -0.117. The van der Waals surface area contributed by atoms with E-state index in [0.717, 1.165) is 35.8 Å². The molecular formula is C28H28Cl2N2O3S. The van der Waals surface area contributed by atoms with Crippen LogP contribution in [-0.2, 0) is 33.9 Å². The van der Waals surface area contributed by atoms with Crippen molar-refractivity contribution in [2.24, 2.45) is 0 Å². The SMILES string of the molecule is [C-]#[N+]c1cc(-c2c(Cl)cc(CC(=O)Cc3ccc(S(C)(=O)=O)cc3)cc2Cl)ccc1CC(CC)NC. The molecule has 0 bridgehead atoms. The quantitative estimate of drug-likeness (QED) is 0.296. The summed E-state index contributed by atoms with van der Waals surface area (Å²) in [7, 11) is -1.36. The number of ketones is 1. The first-order chi connectivity index (χ1) is 17.0. The zero-order valence-corrected chi connectivity index (χ0v) is 22.8. The molecule has 0 saturated carbocycles. The van der Waals surface area contributed by atoms with Gasteiger partial charge in [-0.25, -0.2) is 13.3 Å². The average Bonchev–Trinajstić information content (AvgIpc) is 2.82. The fourth-order valence-electron chi connectivity index (χ4n) is 4.09. The molecule has 0 spiro atoms. The van der Waals surface area contributed by atoms with Gasteiger partial charge in [0.1, 0.15) is 5.78 Å². The van der Waals surface area contributed by atoms with Crippen LogP contribution in [0.5, 0.6) is 0 Å². The first-order valence-electron chi connectivity index (χ1n) is 11.5. The molecule has 5 nitrogen and oxygen atoms in total. The Bertz CT molecular complexity index is 1380. The molecule has 0 saturated heterocycles. The fourth-order valence-corrected chi connectivity index (χ4v) is 5.47. The molecule has 3 rings (SSSR count). The molecule has 36 heavy (non-hydrogen) atoms. The molecule has 0 fully saturated rings. The van der Waals surface area contributed by atoms with Gasteiger partial charge in [0.2, 0.25) is 0 Å². The maximum Gasteiger partial charge on any atom is 0.191 e. The molecule has 0 aliphatic heterocycles. The smallest absolute Gasteiger partial charge is 0.191 e. The molecule has 0 aliphatic carbocycles. The van der Waals surface area contributed by atoms with Gasteiger partial charge in [0, 0.05) is 30.7 Å². The molecule has 8 heteroatoms. The van der Waals surface area contributed by atoms with Crippen LogP contribution < -0.4 is 5.32 Å². The van der Waals surface area contributed by atoms with Crippen molar-refractivity contribution in [3.8, 4) is 11.1 Å². The van der Waals surface area contributed by atoms with Crippen LogP contribution in [0.3, 0.4) is 0 Å². The number of rotatable bonds is 10. The Hall–Kier alpha value is -2.69. The zero-order chi connectivity index (χ0) is 26.5. The van der Waals surface area contributed by atoms with Crippen LogP contribution in [0.15, 0.2) is 59.5 Å². The fraction of sp³-hybridized carbons (Fsp3) is 0.286. The number of Topliss-reactive ketones (excluding diaryl/α,β-unsaturated/α-hetero) is 1. The summed E-state index contributed by atoms with van der Waals surface area (Å²) in [6.45, 7) is 9.73. The van der Waals surface area contributed by atoms with Crippen molar-refractivity contribution < 1.29 is 13.2 Å². The van der Waals surface area contributed by atoms with Crippen LogP contribution in [-0.4, -0.2) is 33.5 Å². The molecule has 0 radical (unpaired) electrons. The minimum atomic E-state index is -3.28. The predicted molar refractivity (Wildman–Crippen MR) is 147 cm³/mol. The van der Waals surface area contributed by atoms with Gasteiger partial charge in [-0.15, -0.1) is 0 Å². The number of sulfone groups is 1. The van der Waals surface area contributed by atoms with E-state index in [2.05, 4.69) is 17.1 Å². The highest BCUT2D eigenvalue weighted by molar-refractivity contribution is 7.90. The number of hydrogen-bond donors (Lipinski definition) is 1. The topological polar surface area (TPSA) is 67.6 Å². The molecule has 0 heterocycles. The van der Waals surface area contributed by atoms with Crippen molar-refractivity contribution >= 4 is 44.5 Å². The van der Waals surface area contributed by atoms with Crippen LogP contribution in [0.1, 0.15) is 30.0 Å². The Morgan fingerprint density at radius 1 is 1.00 bits per heavy atom. The summed E-state index contributed by atoms with van der Waals surface area (Å²) in [4.78, 5) is 16.6. The molecule has 0 aromatic heterocycles. The van der Waals surface area contributed by atoms with Crippen molar-refractivity contribution in [2.45, 2.75) is 43.5 Å². The van der Waals surface area contributed by atoms with Gasteiger partial charge >= 0.3 is 0 Å². The first kappa shape index (κ1) is 27.9. The summed E-state index contributed by atoms with van der Waals surface area (Å²) in [5.74, 6) is -0.0448. The second-order valence-corrected chi connectivity index (χ2v) is 11.6. The lowest BCUT2D eigenvalue weighted by Gasteiger charge is -2.16. The van der Waals surface area contributed by atoms with Crippen molar-refractivity contribution in [1.82, 2.24) is 5.32 Å². The van der Waals surface area contributed by atoms with E-state index in [4.69, 9.17) is 29.8 Å². The second kappa shape index (κ2) is 12.0. The summed E-state index contributed by atoms with van der Waals surface area (Å²) in [5.41, 5.74) is 4.33. The minimum absolute atomic E-state index is 0.0448. The average molecular weight is 544 g/mol. The third kappa shape index (κ3) is 6.96. The Labute approximate surface area is 223 Å². The summed E-state index contributed by atoms with van der Waals surface area (Å²) < 4.78 is 23.2. The normalized spacial score (nSPS) is 12.2. The first-order valence-corrected chi connectivity index (χ1v) is 14.2. The lowest BCUT2D eigenvalue weighted by Crippen LogP contribution is -2.26. The number of hydrogen-bond acceptors (Lipinski definition) is 4. The van der Waals surface area contributed by atoms with E-state index in [1.165, 1.54) is 12.1 Å². The van der Waals surface area contributed by atoms with Gasteiger partial charge in [0.15, 0.2) is 15.5 Å². The van der Waals surface area contributed by atoms with Crippen molar-refractivity contribution in [2.75, 3.05) is 13.3 Å². The van der Waals surface area contributed by atoms with Crippen molar-refractivity contribution in [3.05, 3.63) is 92.8 Å². The summed E-state index contributed by atoms with van der Waals surface area (Å²) >= 11 is 13.2. The van der Waals surface area contributed by atoms with Gasteiger partial charge in [-0.3, -0.25) is 4.79 Å². The van der Waals surface area contributed by atoms with E-state index >= 15 is 0 Å². The molecule has 188 valence electrons. The monoisotopic (exact) mass is 542 g/mol. The Balaban J connectivity index is 1.79. The number of nitrogens with zero attached hydrogens (tertiary/aromatic N) is 1. The van der Waals surface area contributed by atoms with Gasteiger partial charge in [0.05, 0.1) is 21.5 Å². The van der Waals surface area contributed by atoms with Gasteiger partial charge < -0.3 is 5.32 Å². The van der Waals surface area contributed by atoms with E-state index in [0.29, 0.717) is 26.9 Å². The maximum absolute atomic E-state index is 12.7. The number of carbonyl (C=O) groups excluding carboxylic acids is 1. The van der Waals surface area contributed by atoms with Gasteiger partial charge in [0.25, 0.3) is 0 Å². The maximum atomic E-state index is 12.7. The summed E-state index contributed by atoms with van der Waals surface area (Å²) in [5, 5.41) is 4.09. The standard InChI is InChI=1S/C28H28Cl2N2O3S/c1-5-22(31-2)16-20-8-9-21(17-27(20)32-3)28-25(29)14-19(15-26(28)30)13-23(33)12-18-6-10-24(11-7-18)36(4,34)35/h6-11,14-15,17,22,31H,5,12-13,16H2,1-2,4H3. The second-order valence-electron chi connectivity index (χ2n) is 8.80. The van der Waals surface area contributed by atoms with Crippen LogP contribution in [0, 0.1) is 6.57 Å². The highest BCUT2D eigenvalue weighted by Crippen LogP contribution is 2.38. The number of halogens is 2. The van der Waals surface area contributed by atoms with E-state index in [-0.39, 0.29) is 29.6 Å². The molecule has 3 aromatic rings. The van der Waals surface area contributed by atoms with Crippen molar-refractivity contribution in [3.63, 3.8) is 0 Å². The number of nitrogens with one attached hydrogen (secondary N) is 1. The van der Waals surface area contributed by atoms with Gasteiger partial charge in [-0.05, 0) is 72.5 Å². The Morgan fingerprint density at radius 3 is 2.14 bits per heavy atom. The van der Waals surface area contributed by atoms with Crippen molar-refractivity contribution in [1.29, 1.82) is 0 Å². The highest BCUT2D eigenvalue weighted by Gasteiger charge is 2.16. The lowest BCUT2D eigenvalue weighted by atomic mass is 9.96. The Morgan fingerprint density at radius 2 is 1.61 bits per heavy atom. The molecule has 0 aliphatic rings. The third-order valence-corrected chi connectivity index (χ3v) is 7.84. The predicted octanol–water partition coefficient (Wildman–Crippen LogP) is 6.51. The minimum Gasteiger partial charge on any atom is -0.317 e. The van der Waals surface area contributed by atoms with E-state index in [1.807, 2.05) is 25.2 Å². The van der Waals surface area contributed by atoms with E-state index in [1.54, 1.807) is 24.3 Å². The Kier molecular flexibility index (Phi) is 9.32. The summed E-state index contributed by atoms with van der Waals surface area (Å²) in [6, 6.07) is 15.7. The number of benzene rings is 3. The largest absolute Gasteiger partial charge is 0.317 e. The molecule has 0 amide bonds. The van der Waals surface area contributed by atoms with Crippen LogP contribution in [0.25, 0.3) is 16.0 Å². The number of likely N-dealkylation sites (N-methyl/N-ethyl adjacent to an activating group) is 1. The van der Waals surface area contributed by atoms with Gasteiger partial charge in [-0.2, -0.15) is 0 Å². The van der Waals surface area contributed by atoms with E-state index in [9.17, 15) is 13.2 Å². The van der Waals surface area contributed by atoms with Crippen LogP contribution in [0.4, 0.5) is 5.69 Å². The highest BCUT2D eigenvalue weighted by atomic mass is 35.5. The van der Waals surface area contributed by atoms with Crippen LogP contribution in [0.2, 0.25) is 10.0 Å². The third-order valence-electron chi connectivity index (χ3n) is 6.12. The molecule has 1 unspecified atom stereocenters. The zero-order valence-electron chi connectivity index (χ0n) is 20.4. The summed E-state index contributed by atoms with van der Waals surface area (Å²) in [6.07, 6.45) is 3.17. The molecular weight excluding hydrogens is 515 g/mol. The molecule has 1 N–H and O–H groups in total.